The third-order valence-electron chi connectivity index (χ3n) is 3.71. The van der Waals surface area contributed by atoms with E-state index in [4.69, 9.17) is 0 Å². The number of nitrogens with one attached hydrogen (secondary N) is 1. The molecule has 0 spiro atoms. The lowest BCUT2D eigenvalue weighted by Gasteiger charge is -2.29. The number of hydrogen-bond acceptors (Lipinski definition) is 4. The zero-order valence-corrected chi connectivity index (χ0v) is 12.7. The molecular weight excluding hydrogens is 292 g/mol. The van der Waals surface area contributed by atoms with Crippen molar-refractivity contribution in [3.63, 3.8) is 0 Å². The zero-order chi connectivity index (χ0) is 13.0. The van der Waals surface area contributed by atoms with E-state index in [1.54, 1.807) is 6.33 Å². The van der Waals surface area contributed by atoms with Crippen molar-refractivity contribution in [2.75, 3.05) is 24.3 Å². The molecule has 0 radical (unpaired) electrons. The molecule has 0 amide bonds. The Morgan fingerprint density at radius 2 is 1.89 bits per heavy atom. The summed E-state index contributed by atoms with van der Waals surface area (Å²) >= 11 is 3.60. The Labute approximate surface area is 117 Å². The summed E-state index contributed by atoms with van der Waals surface area (Å²) < 4.78 is 0.958. The zero-order valence-electron chi connectivity index (χ0n) is 11.1. The predicted molar refractivity (Wildman–Crippen MR) is 79.2 cm³/mol. The Kier molecular flexibility index (Phi) is 4.80. The van der Waals surface area contributed by atoms with Crippen molar-refractivity contribution < 1.29 is 0 Å². The third kappa shape index (κ3) is 2.94. The third-order valence-corrected chi connectivity index (χ3v) is 4.44. The Balaban J connectivity index is 2.19. The molecule has 1 aromatic heterocycles. The molecule has 100 valence electrons. The second kappa shape index (κ2) is 6.36. The van der Waals surface area contributed by atoms with Crippen LogP contribution in [0.5, 0.6) is 0 Å². The highest BCUT2D eigenvalue weighted by Gasteiger charge is 2.21. The van der Waals surface area contributed by atoms with E-state index in [2.05, 4.69) is 43.2 Å². The van der Waals surface area contributed by atoms with Crippen LogP contribution in [0.25, 0.3) is 0 Å². The first-order valence-corrected chi connectivity index (χ1v) is 7.44. The standard InChI is InChI=1S/C13H21BrN4/c1-15-12-11(14)13(17-9-16-12)18(2)10-7-5-3-4-6-8-10/h9-10H,3-8H2,1-2H3,(H,15,16,17). The maximum atomic E-state index is 4.42. The number of halogens is 1. The number of nitrogens with zero attached hydrogens (tertiary/aromatic N) is 3. The van der Waals surface area contributed by atoms with Crippen molar-refractivity contribution in [2.24, 2.45) is 0 Å². The van der Waals surface area contributed by atoms with Crippen LogP contribution in [0.3, 0.4) is 0 Å². The average molecular weight is 313 g/mol. The van der Waals surface area contributed by atoms with Gasteiger partial charge in [-0.05, 0) is 28.8 Å². The molecule has 1 N–H and O–H groups in total. The first kappa shape index (κ1) is 13.6. The maximum Gasteiger partial charge on any atom is 0.148 e. The number of aromatic nitrogens is 2. The summed E-state index contributed by atoms with van der Waals surface area (Å²) in [7, 11) is 4.02. The second-order valence-electron chi connectivity index (χ2n) is 4.87. The fourth-order valence-electron chi connectivity index (χ4n) is 2.60. The van der Waals surface area contributed by atoms with E-state index in [0.717, 1.165) is 16.1 Å². The minimum Gasteiger partial charge on any atom is -0.372 e. The van der Waals surface area contributed by atoms with E-state index in [1.807, 2.05) is 7.05 Å². The highest BCUT2D eigenvalue weighted by molar-refractivity contribution is 9.10. The first-order valence-electron chi connectivity index (χ1n) is 6.65. The van der Waals surface area contributed by atoms with Crippen molar-refractivity contribution in [2.45, 2.75) is 44.6 Å². The predicted octanol–water partition coefficient (Wildman–Crippen LogP) is 3.44. The summed E-state index contributed by atoms with van der Waals surface area (Å²) in [4.78, 5) is 10.9. The van der Waals surface area contributed by atoms with E-state index in [9.17, 15) is 0 Å². The Hall–Kier alpha value is -0.840. The minimum atomic E-state index is 0.600. The van der Waals surface area contributed by atoms with Gasteiger partial charge >= 0.3 is 0 Å². The molecule has 2 rings (SSSR count). The van der Waals surface area contributed by atoms with E-state index in [-0.39, 0.29) is 0 Å². The number of hydrogen-bond donors (Lipinski definition) is 1. The SMILES string of the molecule is CNc1ncnc(N(C)C2CCCCCC2)c1Br. The van der Waals surface area contributed by atoms with Crippen LogP contribution in [0.2, 0.25) is 0 Å². The lowest BCUT2D eigenvalue weighted by Crippen LogP contribution is -2.32. The molecule has 1 aromatic rings. The van der Waals surface area contributed by atoms with Gasteiger partial charge in [0.2, 0.25) is 0 Å². The van der Waals surface area contributed by atoms with Gasteiger partial charge in [0.25, 0.3) is 0 Å². The molecule has 0 atom stereocenters. The summed E-state index contributed by atoms with van der Waals surface area (Å²) in [6.07, 6.45) is 9.56. The van der Waals surface area contributed by atoms with Crippen LogP contribution in [-0.2, 0) is 0 Å². The van der Waals surface area contributed by atoms with Gasteiger partial charge in [-0.25, -0.2) is 9.97 Å². The molecule has 0 aromatic carbocycles. The smallest absolute Gasteiger partial charge is 0.148 e. The van der Waals surface area contributed by atoms with Crippen LogP contribution in [0.1, 0.15) is 38.5 Å². The highest BCUT2D eigenvalue weighted by Crippen LogP contribution is 2.32. The van der Waals surface area contributed by atoms with Crippen molar-refractivity contribution in [3.05, 3.63) is 10.8 Å². The van der Waals surface area contributed by atoms with Gasteiger partial charge < -0.3 is 10.2 Å². The van der Waals surface area contributed by atoms with Gasteiger partial charge in [0.05, 0.1) is 0 Å². The number of anilines is 2. The van der Waals surface area contributed by atoms with E-state index < -0.39 is 0 Å². The highest BCUT2D eigenvalue weighted by atomic mass is 79.9. The monoisotopic (exact) mass is 312 g/mol. The van der Waals surface area contributed by atoms with Crippen LogP contribution in [-0.4, -0.2) is 30.1 Å². The van der Waals surface area contributed by atoms with Gasteiger partial charge in [-0.3, -0.25) is 0 Å². The fourth-order valence-corrected chi connectivity index (χ4v) is 3.28. The molecule has 0 unspecified atom stereocenters. The fraction of sp³-hybridized carbons (Fsp3) is 0.692. The molecule has 1 fully saturated rings. The number of rotatable bonds is 3. The lowest BCUT2D eigenvalue weighted by atomic mass is 10.1. The van der Waals surface area contributed by atoms with Crippen molar-refractivity contribution in [1.29, 1.82) is 0 Å². The van der Waals surface area contributed by atoms with Crippen LogP contribution in [0.15, 0.2) is 10.8 Å². The van der Waals surface area contributed by atoms with Gasteiger partial charge in [0.15, 0.2) is 0 Å². The van der Waals surface area contributed by atoms with E-state index >= 15 is 0 Å². The molecule has 5 heteroatoms. The van der Waals surface area contributed by atoms with Crippen molar-refractivity contribution >= 4 is 27.6 Å². The summed E-state index contributed by atoms with van der Waals surface area (Å²) in [5.41, 5.74) is 0. The van der Waals surface area contributed by atoms with E-state index in [0.29, 0.717) is 6.04 Å². The average Bonchev–Trinajstić information content (AvgIpc) is 2.67. The second-order valence-corrected chi connectivity index (χ2v) is 5.66. The first-order chi connectivity index (χ1) is 8.74. The Morgan fingerprint density at radius 1 is 1.22 bits per heavy atom. The summed E-state index contributed by atoms with van der Waals surface area (Å²) in [6.45, 7) is 0. The van der Waals surface area contributed by atoms with Gasteiger partial charge in [-0.1, -0.05) is 25.7 Å². The van der Waals surface area contributed by atoms with Gasteiger partial charge in [0.1, 0.15) is 22.4 Å². The molecule has 0 saturated heterocycles. The summed E-state index contributed by atoms with van der Waals surface area (Å²) in [5.74, 6) is 1.83. The maximum absolute atomic E-state index is 4.42. The van der Waals surface area contributed by atoms with Crippen molar-refractivity contribution in [3.8, 4) is 0 Å². The van der Waals surface area contributed by atoms with Gasteiger partial charge in [-0.2, -0.15) is 0 Å². The molecule has 1 saturated carbocycles. The molecule has 1 aliphatic carbocycles. The van der Waals surface area contributed by atoms with E-state index in [1.165, 1.54) is 38.5 Å². The molecular formula is C13H21BrN4. The van der Waals surface area contributed by atoms with Crippen LogP contribution >= 0.6 is 15.9 Å². The lowest BCUT2D eigenvalue weighted by molar-refractivity contribution is 0.548. The van der Waals surface area contributed by atoms with Crippen LogP contribution < -0.4 is 10.2 Å². The normalized spacial score (nSPS) is 17.3. The molecule has 0 aliphatic heterocycles. The molecule has 0 bridgehead atoms. The largest absolute Gasteiger partial charge is 0.372 e. The van der Waals surface area contributed by atoms with Gasteiger partial charge in [0, 0.05) is 20.1 Å². The van der Waals surface area contributed by atoms with Gasteiger partial charge in [-0.15, -0.1) is 0 Å². The van der Waals surface area contributed by atoms with Crippen LogP contribution in [0, 0.1) is 0 Å². The molecule has 4 nitrogen and oxygen atoms in total. The molecule has 1 heterocycles. The van der Waals surface area contributed by atoms with Crippen molar-refractivity contribution in [1.82, 2.24) is 9.97 Å². The summed E-state index contributed by atoms with van der Waals surface area (Å²) in [5, 5.41) is 3.08. The molecule has 18 heavy (non-hydrogen) atoms. The minimum absolute atomic E-state index is 0.600. The quantitative estimate of drug-likeness (QED) is 0.868. The summed E-state index contributed by atoms with van der Waals surface area (Å²) in [6, 6.07) is 0.600. The Bertz CT molecular complexity index is 389. The Morgan fingerprint density at radius 3 is 2.50 bits per heavy atom. The van der Waals surface area contributed by atoms with Crippen LogP contribution in [0.4, 0.5) is 11.6 Å². The topological polar surface area (TPSA) is 41.1 Å². The molecule has 1 aliphatic rings.